The van der Waals surface area contributed by atoms with E-state index in [0.717, 1.165) is 0 Å². The Balaban J connectivity index is 2.17. The number of aromatic nitrogens is 2. The lowest BCUT2D eigenvalue weighted by Crippen LogP contribution is -2.05. The predicted molar refractivity (Wildman–Crippen MR) is 64.5 cm³/mol. The number of rotatable bonds is 4. The van der Waals surface area contributed by atoms with Crippen molar-refractivity contribution in [3.8, 4) is 0 Å². The molecule has 0 aliphatic heterocycles. The maximum absolute atomic E-state index is 10.8. The van der Waals surface area contributed by atoms with Gasteiger partial charge >= 0.3 is 5.69 Å². The average Bonchev–Trinajstić information content (AvgIpc) is 2.72. The quantitative estimate of drug-likeness (QED) is 0.520. The van der Waals surface area contributed by atoms with Gasteiger partial charge in [-0.2, -0.15) is 0 Å². The van der Waals surface area contributed by atoms with Crippen LogP contribution in [0, 0.1) is 17.0 Å². The van der Waals surface area contributed by atoms with Gasteiger partial charge in [0.25, 0.3) is 0 Å². The Morgan fingerprint density at radius 2 is 2.33 bits per heavy atom. The molecule has 0 aliphatic rings. The normalized spacial score (nSPS) is 10.3. The number of halogens is 1. The highest BCUT2D eigenvalue weighted by Gasteiger charge is 2.15. The summed E-state index contributed by atoms with van der Waals surface area (Å²) in [7, 11) is 0. The fourth-order valence-corrected chi connectivity index (χ4v) is 1.53. The van der Waals surface area contributed by atoms with Crippen molar-refractivity contribution in [1.82, 2.24) is 10.1 Å². The standard InChI is InChI=1S/C10H9ClN4O3/c1-6-4-7(14-18-6)5-12-10-8(15(16)17)2-3-9(11)13-10/h2-4H,5H2,1H3,(H,12,13). The molecule has 0 atom stereocenters. The molecule has 8 heteroatoms. The van der Waals surface area contributed by atoms with Gasteiger partial charge in [0.1, 0.15) is 16.6 Å². The highest BCUT2D eigenvalue weighted by atomic mass is 35.5. The van der Waals surface area contributed by atoms with Crippen LogP contribution in [0.25, 0.3) is 0 Å². The van der Waals surface area contributed by atoms with E-state index in [-0.39, 0.29) is 23.2 Å². The minimum Gasteiger partial charge on any atom is -0.361 e. The van der Waals surface area contributed by atoms with Gasteiger partial charge in [0, 0.05) is 12.1 Å². The average molecular weight is 269 g/mol. The minimum atomic E-state index is -0.528. The summed E-state index contributed by atoms with van der Waals surface area (Å²) >= 11 is 5.70. The summed E-state index contributed by atoms with van der Waals surface area (Å²) in [4.78, 5) is 14.1. The van der Waals surface area contributed by atoms with Crippen molar-refractivity contribution in [1.29, 1.82) is 0 Å². The molecule has 0 fully saturated rings. The molecule has 18 heavy (non-hydrogen) atoms. The van der Waals surface area contributed by atoms with Crippen LogP contribution >= 0.6 is 11.6 Å². The van der Waals surface area contributed by atoms with Crippen molar-refractivity contribution in [3.05, 3.63) is 44.9 Å². The smallest absolute Gasteiger partial charge is 0.311 e. The largest absolute Gasteiger partial charge is 0.361 e. The molecule has 1 N–H and O–H groups in total. The molecular weight excluding hydrogens is 260 g/mol. The summed E-state index contributed by atoms with van der Waals surface area (Å²) in [6, 6.07) is 4.39. The topological polar surface area (TPSA) is 94.1 Å². The summed E-state index contributed by atoms with van der Waals surface area (Å²) in [6.07, 6.45) is 0. The molecule has 0 saturated carbocycles. The molecule has 0 aromatic carbocycles. The van der Waals surface area contributed by atoms with Gasteiger partial charge in [-0.05, 0) is 13.0 Å². The minimum absolute atomic E-state index is 0.105. The Morgan fingerprint density at radius 1 is 1.56 bits per heavy atom. The van der Waals surface area contributed by atoms with Crippen LogP contribution in [0.3, 0.4) is 0 Å². The number of nitrogens with one attached hydrogen (secondary N) is 1. The SMILES string of the molecule is Cc1cc(CNc2nc(Cl)ccc2[N+](=O)[O-])no1. The van der Waals surface area contributed by atoms with E-state index in [1.807, 2.05) is 0 Å². The Morgan fingerprint density at radius 3 is 2.94 bits per heavy atom. The molecule has 2 aromatic heterocycles. The highest BCUT2D eigenvalue weighted by Crippen LogP contribution is 2.24. The Kier molecular flexibility index (Phi) is 3.42. The summed E-state index contributed by atoms with van der Waals surface area (Å²) in [6.45, 7) is 2.03. The number of hydrogen-bond donors (Lipinski definition) is 1. The van der Waals surface area contributed by atoms with E-state index in [9.17, 15) is 10.1 Å². The van der Waals surface area contributed by atoms with E-state index in [1.54, 1.807) is 13.0 Å². The van der Waals surface area contributed by atoms with Gasteiger partial charge in [0.2, 0.25) is 5.82 Å². The zero-order chi connectivity index (χ0) is 13.1. The lowest BCUT2D eigenvalue weighted by molar-refractivity contribution is -0.384. The third kappa shape index (κ3) is 2.75. The summed E-state index contributed by atoms with van der Waals surface area (Å²) in [5.74, 6) is 0.772. The van der Waals surface area contributed by atoms with Gasteiger partial charge in [0.15, 0.2) is 0 Å². The number of pyridine rings is 1. The molecule has 0 aliphatic carbocycles. The molecule has 0 bridgehead atoms. The van der Waals surface area contributed by atoms with Crippen LogP contribution in [-0.2, 0) is 6.54 Å². The van der Waals surface area contributed by atoms with E-state index in [2.05, 4.69) is 15.5 Å². The summed E-state index contributed by atoms with van der Waals surface area (Å²) in [5, 5.41) is 17.5. The highest BCUT2D eigenvalue weighted by molar-refractivity contribution is 6.29. The molecule has 0 amide bonds. The number of hydrogen-bond acceptors (Lipinski definition) is 6. The lowest BCUT2D eigenvalue weighted by Gasteiger charge is -2.04. The molecule has 2 rings (SSSR count). The van der Waals surface area contributed by atoms with Gasteiger partial charge in [0.05, 0.1) is 11.5 Å². The predicted octanol–water partition coefficient (Wildman–Crippen LogP) is 2.55. The van der Waals surface area contributed by atoms with Crippen LogP contribution in [0.5, 0.6) is 0 Å². The molecule has 2 heterocycles. The first-order chi connectivity index (χ1) is 8.56. The molecule has 0 radical (unpaired) electrons. The van der Waals surface area contributed by atoms with Crippen LogP contribution < -0.4 is 5.32 Å². The van der Waals surface area contributed by atoms with Gasteiger partial charge in [-0.25, -0.2) is 4.98 Å². The number of aryl methyl sites for hydroxylation is 1. The maximum Gasteiger partial charge on any atom is 0.311 e. The van der Waals surface area contributed by atoms with Gasteiger partial charge < -0.3 is 9.84 Å². The van der Waals surface area contributed by atoms with Crippen LogP contribution in [0.1, 0.15) is 11.5 Å². The number of anilines is 1. The van der Waals surface area contributed by atoms with Crippen molar-refractivity contribution in [2.75, 3.05) is 5.32 Å². The zero-order valence-corrected chi connectivity index (χ0v) is 10.1. The fourth-order valence-electron chi connectivity index (χ4n) is 1.38. The first kappa shape index (κ1) is 12.3. The monoisotopic (exact) mass is 268 g/mol. The van der Waals surface area contributed by atoms with E-state index in [0.29, 0.717) is 11.5 Å². The molecular formula is C10H9ClN4O3. The first-order valence-corrected chi connectivity index (χ1v) is 5.41. The van der Waals surface area contributed by atoms with Crippen molar-refractivity contribution < 1.29 is 9.45 Å². The van der Waals surface area contributed by atoms with Crippen LogP contribution in [0.2, 0.25) is 5.15 Å². The third-order valence-electron chi connectivity index (χ3n) is 2.15. The third-order valence-corrected chi connectivity index (χ3v) is 2.36. The maximum atomic E-state index is 10.8. The van der Waals surface area contributed by atoms with Crippen molar-refractivity contribution >= 4 is 23.1 Å². The Labute approximate surface area is 107 Å². The summed E-state index contributed by atoms with van der Waals surface area (Å²) < 4.78 is 4.88. The summed E-state index contributed by atoms with van der Waals surface area (Å²) in [5.41, 5.74) is 0.489. The second-order valence-electron chi connectivity index (χ2n) is 3.54. The van der Waals surface area contributed by atoms with Gasteiger partial charge in [-0.3, -0.25) is 10.1 Å². The van der Waals surface area contributed by atoms with Gasteiger partial charge in [-0.15, -0.1) is 0 Å². The Hall–Kier alpha value is -2.15. The van der Waals surface area contributed by atoms with Crippen LogP contribution in [0.15, 0.2) is 22.7 Å². The van der Waals surface area contributed by atoms with E-state index < -0.39 is 4.92 Å². The van der Waals surface area contributed by atoms with Crippen LogP contribution in [-0.4, -0.2) is 15.1 Å². The van der Waals surface area contributed by atoms with Gasteiger partial charge in [-0.1, -0.05) is 16.8 Å². The molecule has 0 unspecified atom stereocenters. The molecule has 0 saturated heterocycles. The second kappa shape index (κ2) is 5.01. The number of nitro groups is 1. The Bertz CT molecular complexity index is 584. The van der Waals surface area contributed by atoms with Crippen molar-refractivity contribution in [2.45, 2.75) is 13.5 Å². The molecule has 0 spiro atoms. The second-order valence-corrected chi connectivity index (χ2v) is 3.93. The molecule has 2 aromatic rings. The fraction of sp³-hybridized carbons (Fsp3) is 0.200. The number of nitrogens with zero attached hydrogens (tertiary/aromatic N) is 3. The first-order valence-electron chi connectivity index (χ1n) is 5.03. The van der Waals surface area contributed by atoms with E-state index >= 15 is 0 Å². The van der Waals surface area contributed by atoms with Crippen molar-refractivity contribution in [2.24, 2.45) is 0 Å². The zero-order valence-electron chi connectivity index (χ0n) is 9.38. The molecule has 7 nitrogen and oxygen atoms in total. The van der Waals surface area contributed by atoms with E-state index in [4.69, 9.17) is 16.1 Å². The van der Waals surface area contributed by atoms with E-state index in [1.165, 1.54) is 12.1 Å². The molecule has 94 valence electrons. The van der Waals surface area contributed by atoms with Crippen LogP contribution in [0.4, 0.5) is 11.5 Å². The van der Waals surface area contributed by atoms with Crippen molar-refractivity contribution in [3.63, 3.8) is 0 Å². The lowest BCUT2D eigenvalue weighted by atomic mass is 10.3.